The van der Waals surface area contributed by atoms with Gasteiger partial charge in [0, 0.05) is 17.0 Å². The number of rotatable bonds is 4. The third kappa shape index (κ3) is 4.96. The standard InChI is InChI=1S/C11H11ClF3N3O2/c12-6-1-2-7(10(16)18-20)8(5-6)17-9(19)3-4-11(13,14)15/h1-2,5,20H,3-4H2,(H2,16,18)(H,17,19). The van der Waals surface area contributed by atoms with Crippen LogP contribution in [0.25, 0.3) is 0 Å². The number of nitrogens with one attached hydrogen (secondary N) is 1. The summed E-state index contributed by atoms with van der Waals surface area (Å²) < 4.78 is 36.0. The molecule has 0 aliphatic rings. The molecule has 1 aromatic carbocycles. The molecule has 5 nitrogen and oxygen atoms in total. The zero-order valence-electron chi connectivity index (χ0n) is 10.0. The monoisotopic (exact) mass is 309 g/mol. The highest BCUT2D eigenvalue weighted by molar-refractivity contribution is 6.31. The van der Waals surface area contributed by atoms with Crippen LogP contribution in [0.1, 0.15) is 18.4 Å². The summed E-state index contributed by atoms with van der Waals surface area (Å²) in [6.07, 6.45) is -6.38. The molecule has 0 saturated heterocycles. The predicted octanol–water partition coefficient (Wildman–Crippen LogP) is 2.72. The molecule has 1 amide bonds. The van der Waals surface area contributed by atoms with Crippen molar-refractivity contribution in [2.45, 2.75) is 19.0 Å². The van der Waals surface area contributed by atoms with E-state index in [1.54, 1.807) is 0 Å². The summed E-state index contributed by atoms with van der Waals surface area (Å²) in [4.78, 5) is 11.4. The van der Waals surface area contributed by atoms with Crippen molar-refractivity contribution in [2.75, 3.05) is 5.32 Å². The lowest BCUT2D eigenvalue weighted by Gasteiger charge is -2.11. The number of benzene rings is 1. The van der Waals surface area contributed by atoms with Crippen molar-refractivity contribution in [1.82, 2.24) is 0 Å². The fourth-order valence-electron chi connectivity index (χ4n) is 1.37. The van der Waals surface area contributed by atoms with Crippen molar-refractivity contribution >= 4 is 29.0 Å². The third-order valence-corrected chi connectivity index (χ3v) is 2.51. The van der Waals surface area contributed by atoms with Gasteiger partial charge < -0.3 is 16.3 Å². The van der Waals surface area contributed by atoms with Crippen LogP contribution in [0.5, 0.6) is 0 Å². The van der Waals surface area contributed by atoms with E-state index in [0.29, 0.717) is 0 Å². The Kier molecular flexibility index (Phi) is 5.20. The molecule has 9 heteroatoms. The Balaban J connectivity index is 2.86. The lowest BCUT2D eigenvalue weighted by molar-refractivity contribution is -0.142. The molecule has 0 radical (unpaired) electrons. The number of nitrogens with zero attached hydrogens (tertiary/aromatic N) is 1. The maximum Gasteiger partial charge on any atom is 0.389 e. The molecule has 110 valence electrons. The molecule has 0 saturated carbocycles. The molecule has 0 aromatic heterocycles. The van der Waals surface area contributed by atoms with E-state index in [0.717, 1.165) is 0 Å². The van der Waals surface area contributed by atoms with E-state index in [1.807, 2.05) is 0 Å². The molecule has 0 heterocycles. The number of alkyl halides is 3. The van der Waals surface area contributed by atoms with Gasteiger partial charge in [0.05, 0.1) is 12.1 Å². The van der Waals surface area contributed by atoms with Gasteiger partial charge in [0.1, 0.15) is 0 Å². The van der Waals surface area contributed by atoms with Crippen LogP contribution in [0.15, 0.2) is 23.4 Å². The summed E-state index contributed by atoms with van der Waals surface area (Å²) >= 11 is 5.72. The first-order chi connectivity index (χ1) is 9.23. The van der Waals surface area contributed by atoms with Crippen molar-refractivity contribution in [2.24, 2.45) is 10.9 Å². The highest BCUT2D eigenvalue weighted by Crippen LogP contribution is 2.24. The molecule has 0 bridgehead atoms. The van der Waals surface area contributed by atoms with E-state index in [9.17, 15) is 18.0 Å². The van der Waals surface area contributed by atoms with Gasteiger partial charge in [-0.1, -0.05) is 16.8 Å². The van der Waals surface area contributed by atoms with Gasteiger partial charge in [0.2, 0.25) is 5.91 Å². The van der Waals surface area contributed by atoms with Gasteiger partial charge in [-0.05, 0) is 18.2 Å². The molecule has 0 atom stereocenters. The summed E-state index contributed by atoms with van der Waals surface area (Å²) in [7, 11) is 0. The number of oxime groups is 1. The lowest BCUT2D eigenvalue weighted by Crippen LogP contribution is -2.20. The van der Waals surface area contributed by atoms with Crippen LogP contribution >= 0.6 is 11.6 Å². The number of amides is 1. The molecular weight excluding hydrogens is 299 g/mol. The minimum Gasteiger partial charge on any atom is -0.409 e. The SMILES string of the molecule is NC(=NO)c1ccc(Cl)cc1NC(=O)CCC(F)(F)F. The molecule has 0 aliphatic heterocycles. The topological polar surface area (TPSA) is 87.7 Å². The average Bonchev–Trinajstić information content (AvgIpc) is 2.35. The van der Waals surface area contributed by atoms with Crippen LogP contribution in [0.4, 0.5) is 18.9 Å². The molecule has 1 aromatic rings. The molecular formula is C11H11ClF3N3O2. The molecule has 0 fully saturated rings. The van der Waals surface area contributed by atoms with Crippen LogP contribution in [0, 0.1) is 0 Å². The second kappa shape index (κ2) is 6.47. The fraction of sp³-hybridized carbons (Fsp3) is 0.273. The quantitative estimate of drug-likeness (QED) is 0.346. The highest BCUT2D eigenvalue weighted by Gasteiger charge is 2.28. The Morgan fingerprint density at radius 2 is 2.10 bits per heavy atom. The van der Waals surface area contributed by atoms with Crippen LogP contribution in [0.2, 0.25) is 5.02 Å². The Bertz CT molecular complexity index is 532. The number of hydrogen-bond acceptors (Lipinski definition) is 3. The minimum absolute atomic E-state index is 0.0694. The zero-order valence-corrected chi connectivity index (χ0v) is 10.8. The van der Waals surface area contributed by atoms with E-state index in [1.165, 1.54) is 18.2 Å². The van der Waals surface area contributed by atoms with Crippen LogP contribution in [0.3, 0.4) is 0 Å². The predicted molar refractivity (Wildman–Crippen MR) is 67.9 cm³/mol. The van der Waals surface area contributed by atoms with E-state index >= 15 is 0 Å². The number of hydrogen-bond donors (Lipinski definition) is 3. The summed E-state index contributed by atoms with van der Waals surface area (Å²) in [6.45, 7) is 0. The molecule has 20 heavy (non-hydrogen) atoms. The largest absolute Gasteiger partial charge is 0.409 e. The van der Waals surface area contributed by atoms with Crippen LogP contribution in [-0.2, 0) is 4.79 Å². The first-order valence-electron chi connectivity index (χ1n) is 5.37. The second-order valence-electron chi connectivity index (χ2n) is 3.84. The zero-order chi connectivity index (χ0) is 15.3. The summed E-state index contributed by atoms with van der Waals surface area (Å²) in [6, 6.07) is 4.09. The number of halogens is 4. The molecule has 0 aliphatic carbocycles. The maximum absolute atomic E-state index is 12.0. The van der Waals surface area contributed by atoms with Gasteiger partial charge in [-0.2, -0.15) is 13.2 Å². The average molecular weight is 310 g/mol. The lowest BCUT2D eigenvalue weighted by atomic mass is 10.1. The Morgan fingerprint density at radius 3 is 2.65 bits per heavy atom. The normalized spacial score (nSPS) is 12.3. The van der Waals surface area contributed by atoms with E-state index in [4.69, 9.17) is 22.5 Å². The highest BCUT2D eigenvalue weighted by atomic mass is 35.5. The Hall–Kier alpha value is -1.96. The Morgan fingerprint density at radius 1 is 1.45 bits per heavy atom. The van der Waals surface area contributed by atoms with Crippen LogP contribution < -0.4 is 11.1 Å². The molecule has 1 rings (SSSR count). The van der Waals surface area contributed by atoms with Crippen LogP contribution in [-0.4, -0.2) is 23.1 Å². The summed E-state index contributed by atoms with van der Waals surface area (Å²) in [5, 5.41) is 13.8. The van der Waals surface area contributed by atoms with Gasteiger partial charge in [-0.25, -0.2) is 0 Å². The third-order valence-electron chi connectivity index (χ3n) is 2.27. The van der Waals surface area contributed by atoms with Crippen molar-refractivity contribution in [1.29, 1.82) is 0 Å². The summed E-state index contributed by atoms with van der Waals surface area (Å²) in [5.74, 6) is -1.15. The molecule has 0 spiro atoms. The Labute approximate surface area is 117 Å². The van der Waals surface area contributed by atoms with Gasteiger partial charge in [0.25, 0.3) is 0 Å². The van der Waals surface area contributed by atoms with Gasteiger partial charge in [-0.15, -0.1) is 0 Å². The van der Waals surface area contributed by atoms with Gasteiger partial charge >= 0.3 is 6.18 Å². The van der Waals surface area contributed by atoms with Crippen molar-refractivity contribution in [3.8, 4) is 0 Å². The first kappa shape index (κ1) is 16.1. The van der Waals surface area contributed by atoms with Gasteiger partial charge in [0.15, 0.2) is 5.84 Å². The number of anilines is 1. The number of carbonyl (C=O) groups excluding carboxylic acids is 1. The minimum atomic E-state index is -4.42. The fourth-order valence-corrected chi connectivity index (χ4v) is 1.54. The smallest absolute Gasteiger partial charge is 0.389 e. The van der Waals surface area contributed by atoms with E-state index < -0.39 is 24.9 Å². The van der Waals surface area contributed by atoms with Crippen molar-refractivity contribution in [3.05, 3.63) is 28.8 Å². The number of nitrogens with two attached hydrogens (primary N) is 1. The molecule has 0 unspecified atom stereocenters. The van der Waals surface area contributed by atoms with E-state index in [2.05, 4.69) is 10.5 Å². The number of carbonyl (C=O) groups is 1. The van der Waals surface area contributed by atoms with Crippen molar-refractivity contribution < 1.29 is 23.2 Å². The number of amidine groups is 1. The second-order valence-corrected chi connectivity index (χ2v) is 4.27. The van der Waals surface area contributed by atoms with E-state index in [-0.39, 0.29) is 22.1 Å². The van der Waals surface area contributed by atoms with Gasteiger partial charge in [-0.3, -0.25) is 4.79 Å². The molecule has 4 N–H and O–H groups in total. The van der Waals surface area contributed by atoms with Crippen molar-refractivity contribution in [3.63, 3.8) is 0 Å². The maximum atomic E-state index is 12.0. The summed E-state index contributed by atoms with van der Waals surface area (Å²) in [5.41, 5.74) is 5.61. The first-order valence-corrected chi connectivity index (χ1v) is 5.75.